The third-order valence-corrected chi connectivity index (χ3v) is 5.23. The van der Waals surface area contributed by atoms with Gasteiger partial charge in [-0.05, 0) is 38.5 Å². The second kappa shape index (κ2) is 8.18. The first kappa shape index (κ1) is 17.6. The van der Waals surface area contributed by atoms with Crippen LogP contribution in [0.5, 0.6) is 0 Å². The van der Waals surface area contributed by atoms with E-state index in [1.54, 1.807) is 18.7 Å². The summed E-state index contributed by atoms with van der Waals surface area (Å²) >= 11 is 1.75. The van der Waals surface area contributed by atoms with Crippen LogP contribution < -0.4 is 5.32 Å². The molecule has 0 aliphatic heterocycles. The quantitative estimate of drug-likeness (QED) is 0.744. The van der Waals surface area contributed by atoms with Gasteiger partial charge in [-0.15, -0.1) is 11.8 Å². The molecule has 23 heavy (non-hydrogen) atoms. The molecule has 2 N–H and O–H groups in total. The van der Waals surface area contributed by atoms with Gasteiger partial charge >= 0.3 is 5.97 Å². The van der Waals surface area contributed by atoms with E-state index in [-0.39, 0.29) is 11.3 Å². The molecule has 0 heterocycles. The minimum Gasteiger partial charge on any atom is -0.480 e. The number of hydrogen-bond acceptors (Lipinski definition) is 3. The van der Waals surface area contributed by atoms with Crippen LogP contribution in [0.3, 0.4) is 0 Å². The Morgan fingerprint density at radius 3 is 2.22 bits per heavy atom. The number of thioether (sulfide) groups is 1. The Morgan fingerprint density at radius 1 is 1.04 bits per heavy atom. The molecule has 2 rings (SSSR count). The predicted molar refractivity (Wildman–Crippen MR) is 95.9 cm³/mol. The first-order valence-corrected chi connectivity index (χ1v) is 8.62. The van der Waals surface area contributed by atoms with Crippen molar-refractivity contribution in [3.63, 3.8) is 0 Å². The van der Waals surface area contributed by atoms with Crippen LogP contribution in [0.25, 0.3) is 0 Å². The van der Waals surface area contributed by atoms with Crippen molar-refractivity contribution in [3.05, 3.63) is 65.7 Å². The van der Waals surface area contributed by atoms with Gasteiger partial charge in [0, 0.05) is 16.2 Å². The van der Waals surface area contributed by atoms with E-state index in [0.717, 1.165) is 0 Å². The molecule has 0 fully saturated rings. The number of aryl methyl sites for hydroxylation is 1. The summed E-state index contributed by atoms with van der Waals surface area (Å²) in [6.07, 6.45) is 0. The molecule has 0 aliphatic carbocycles. The maximum absolute atomic E-state index is 11.1. The van der Waals surface area contributed by atoms with Gasteiger partial charge in [0.2, 0.25) is 0 Å². The number of carboxylic acids is 1. The second-order valence-corrected chi connectivity index (χ2v) is 6.99. The van der Waals surface area contributed by atoms with Crippen molar-refractivity contribution in [2.24, 2.45) is 0 Å². The van der Waals surface area contributed by atoms with Crippen LogP contribution in [-0.4, -0.2) is 23.2 Å². The monoisotopic (exact) mass is 329 g/mol. The topological polar surface area (TPSA) is 49.3 Å². The molecule has 0 aliphatic rings. The molecule has 0 bridgehead atoms. The normalized spacial score (nSPS) is 14.9. The minimum absolute atomic E-state index is 0.0222. The van der Waals surface area contributed by atoms with E-state index in [9.17, 15) is 4.79 Å². The fourth-order valence-corrected chi connectivity index (χ4v) is 3.60. The lowest BCUT2D eigenvalue weighted by atomic mass is 10.0. The number of carbonyl (C=O) groups is 1. The third-order valence-electron chi connectivity index (χ3n) is 3.75. The molecule has 0 radical (unpaired) electrons. The van der Waals surface area contributed by atoms with E-state index in [2.05, 4.69) is 48.6 Å². The van der Waals surface area contributed by atoms with Gasteiger partial charge in [0.05, 0.1) is 0 Å². The molecule has 2 aromatic rings. The third kappa shape index (κ3) is 5.12. The molecule has 0 unspecified atom stereocenters. The molecule has 2 aromatic carbocycles. The molecule has 4 heteroatoms. The summed E-state index contributed by atoms with van der Waals surface area (Å²) in [4.78, 5) is 12.3. The number of rotatable bonds is 7. The van der Waals surface area contributed by atoms with E-state index >= 15 is 0 Å². The Balaban J connectivity index is 2.23. The molecule has 0 saturated carbocycles. The first-order chi connectivity index (χ1) is 11.0. The molecular formula is C19H23NO2S. The average Bonchev–Trinajstić information content (AvgIpc) is 2.54. The van der Waals surface area contributed by atoms with Crippen LogP contribution in [0.2, 0.25) is 0 Å². The molecule has 3 atom stereocenters. The van der Waals surface area contributed by atoms with Gasteiger partial charge in [0.25, 0.3) is 0 Å². The fraction of sp³-hybridized carbons (Fsp3) is 0.316. The number of nitrogens with one attached hydrogen (secondary N) is 1. The highest BCUT2D eigenvalue weighted by Gasteiger charge is 2.24. The lowest BCUT2D eigenvalue weighted by Crippen LogP contribution is -2.42. The molecule has 3 nitrogen and oxygen atoms in total. The summed E-state index contributed by atoms with van der Waals surface area (Å²) in [6, 6.07) is 18.1. The zero-order chi connectivity index (χ0) is 16.8. The van der Waals surface area contributed by atoms with Crippen molar-refractivity contribution in [1.29, 1.82) is 0 Å². The molecule has 0 aromatic heterocycles. The zero-order valence-corrected chi connectivity index (χ0v) is 14.5. The van der Waals surface area contributed by atoms with E-state index in [1.165, 1.54) is 16.0 Å². The van der Waals surface area contributed by atoms with Crippen LogP contribution >= 0.6 is 11.8 Å². The van der Waals surface area contributed by atoms with Crippen molar-refractivity contribution in [2.75, 3.05) is 0 Å². The Morgan fingerprint density at radius 2 is 1.65 bits per heavy atom. The summed E-state index contributed by atoms with van der Waals surface area (Å²) in [5.41, 5.74) is 2.42. The molecular weight excluding hydrogens is 306 g/mol. The zero-order valence-electron chi connectivity index (χ0n) is 13.7. The van der Waals surface area contributed by atoms with Crippen molar-refractivity contribution in [3.8, 4) is 0 Å². The molecule has 0 amide bonds. The summed E-state index contributed by atoms with van der Waals surface area (Å²) in [6.45, 7) is 5.79. The first-order valence-electron chi connectivity index (χ1n) is 7.74. The average molecular weight is 329 g/mol. The van der Waals surface area contributed by atoms with Crippen molar-refractivity contribution >= 4 is 17.7 Å². The van der Waals surface area contributed by atoms with Gasteiger partial charge < -0.3 is 10.4 Å². The number of aliphatic carboxylic acids is 1. The van der Waals surface area contributed by atoms with Crippen LogP contribution in [0.4, 0.5) is 0 Å². The van der Waals surface area contributed by atoms with Crippen LogP contribution in [0.15, 0.2) is 59.5 Å². The smallest absolute Gasteiger partial charge is 0.320 e. The Bertz CT molecular complexity index is 628. The number of benzene rings is 2. The van der Waals surface area contributed by atoms with Gasteiger partial charge in [-0.1, -0.05) is 48.0 Å². The van der Waals surface area contributed by atoms with Crippen LogP contribution in [-0.2, 0) is 4.79 Å². The largest absolute Gasteiger partial charge is 0.480 e. The Labute approximate surface area is 142 Å². The lowest BCUT2D eigenvalue weighted by molar-refractivity contribution is -0.139. The highest BCUT2D eigenvalue weighted by atomic mass is 32.2. The van der Waals surface area contributed by atoms with Crippen molar-refractivity contribution in [2.45, 2.75) is 43.0 Å². The summed E-state index contributed by atoms with van der Waals surface area (Å²) in [5.74, 6) is -0.829. The summed E-state index contributed by atoms with van der Waals surface area (Å²) in [7, 11) is 0. The van der Waals surface area contributed by atoms with Crippen LogP contribution in [0.1, 0.15) is 30.2 Å². The van der Waals surface area contributed by atoms with E-state index in [0.29, 0.717) is 0 Å². The maximum Gasteiger partial charge on any atom is 0.320 e. The van der Waals surface area contributed by atoms with Gasteiger partial charge in [0.1, 0.15) is 6.04 Å². The fourth-order valence-electron chi connectivity index (χ4n) is 2.41. The van der Waals surface area contributed by atoms with Gasteiger partial charge in [-0.3, -0.25) is 4.79 Å². The van der Waals surface area contributed by atoms with Crippen LogP contribution in [0, 0.1) is 6.92 Å². The molecule has 0 saturated heterocycles. The number of hydrogen-bond donors (Lipinski definition) is 2. The van der Waals surface area contributed by atoms with E-state index < -0.39 is 12.0 Å². The maximum atomic E-state index is 11.1. The van der Waals surface area contributed by atoms with Gasteiger partial charge in [-0.25, -0.2) is 0 Å². The highest BCUT2D eigenvalue weighted by Crippen LogP contribution is 2.37. The molecule has 122 valence electrons. The minimum atomic E-state index is -0.829. The number of carboxylic acid groups (broad SMARTS) is 1. The lowest BCUT2D eigenvalue weighted by Gasteiger charge is -2.27. The highest BCUT2D eigenvalue weighted by molar-refractivity contribution is 7.99. The standard InChI is InChI=1S/C19H23NO2S/c1-13-9-11-16(12-10-13)18(14(2)20-15(3)19(21)22)23-17-7-5-4-6-8-17/h4-12,14-15,18,20H,1-3H3,(H,21,22)/t14-,15-,18-/m0/s1. The molecule has 0 spiro atoms. The summed E-state index contributed by atoms with van der Waals surface area (Å²) < 4.78 is 0. The second-order valence-electron chi connectivity index (χ2n) is 5.78. The van der Waals surface area contributed by atoms with Crippen molar-refractivity contribution in [1.82, 2.24) is 5.32 Å². The SMILES string of the molecule is Cc1ccc([C@@H](Sc2ccccc2)[C@H](C)N[C@@H](C)C(=O)O)cc1. The van der Waals surface area contributed by atoms with E-state index in [4.69, 9.17) is 5.11 Å². The van der Waals surface area contributed by atoms with Gasteiger partial charge in [-0.2, -0.15) is 0 Å². The predicted octanol–water partition coefficient (Wildman–Crippen LogP) is 4.28. The van der Waals surface area contributed by atoms with Gasteiger partial charge in [0.15, 0.2) is 0 Å². The van der Waals surface area contributed by atoms with E-state index in [1.807, 2.05) is 25.1 Å². The van der Waals surface area contributed by atoms with Crippen molar-refractivity contribution < 1.29 is 9.90 Å². The summed E-state index contributed by atoms with van der Waals surface area (Å²) in [5, 5.41) is 12.5. The Kier molecular flexibility index (Phi) is 6.25. The Hall–Kier alpha value is -1.78.